The zero-order valence-electron chi connectivity index (χ0n) is 17.5. The van der Waals surface area contributed by atoms with Crippen LogP contribution >= 0.6 is 0 Å². The molecule has 2 N–H and O–H groups in total. The highest BCUT2D eigenvalue weighted by molar-refractivity contribution is 7.89. The highest BCUT2D eigenvalue weighted by Gasteiger charge is 2.20. The van der Waals surface area contributed by atoms with Gasteiger partial charge in [-0.2, -0.15) is 0 Å². The normalized spacial score (nSPS) is 11.8. The van der Waals surface area contributed by atoms with Crippen molar-refractivity contribution in [2.24, 2.45) is 0 Å². The maximum absolute atomic E-state index is 12.9. The molecule has 0 fully saturated rings. The number of benzene rings is 2. The van der Waals surface area contributed by atoms with Crippen molar-refractivity contribution in [3.8, 4) is 0 Å². The maximum atomic E-state index is 12.9. The molecule has 1 heterocycles. The summed E-state index contributed by atoms with van der Waals surface area (Å²) in [5.74, 6) is -0.298. The van der Waals surface area contributed by atoms with Gasteiger partial charge >= 0.3 is 0 Å². The van der Waals surface area contributed by atoms with Crippen molar-refractivity contribution >= 4 is 38.2 Å². The van der Waals surface area contributed by atoms with Gasteiger partial charge in [-0.1, -0.05) is 0 Å². The van der Waals surface area contributed by atoms with E-state index in [-0.39, 0.29) is 10.8 Å². The smallest absolute Gasteiger partial charge is 0.255 e. The first kappa shape index (κ1) is 20.9. The number of fused-ring (bicyclic) bond motifs is 1. The van der Waals surface area contributed by atoms with E-state index >= 15 is 0 Å². The zero-order valence-corrected chi connectivity index (χ0v) is 18.3. The number of anilines is 2. The molecule has 29 heavy (non-hydrogen) atoms. The summed E-state index contributed by atoms with van der Waals surface area (Å²) in [6.45, 7) is 4.00. The number of hydrogen-bond acceptors (Lipinski definition) is 4. The molecule has 0 aliphatic carbocycles. The fraction of sp³-hybridized carbons (Fsp3) is 0.286. The van der Waals surface area contributed by atoms with Crippen LogP contribution in [0.4, 0.5) is 11.4 Å². The molecule has 0 unspecified atom stereocenters. The number of amides is 1. The molecule has 1 amide bonds. The molecule has 7 nitrogen and oxygen atoms in total. The Labute approximate surface area is 171 Å². The van der Waals surface area contributed by atoms with Crippen LogP contribution in [0.15, 0.2) is 41.3 Å². The third kappa shape index (κ3) is 3.86. The topological polar surface area (TPSA) is 85.5 Å². The molecule has 0 atom stereocenters. The van der Waals surface area contributed by atoms with E-state index < -0.39 is 10.0 Å². The summed E-state index contributed by atoms with van der Waals surface area (Å²) in [6, 6.07) is 10.2. The van der Waals surface area contributed by atoms with E-state index in [0.717, 1.165) is 26.5 Å². The largest absolute Gasteiger partial charge is 0.376 e. The fourth-order valence-electron chi connectivity index (χ4n) is 3.17. The van der Waals surface area contributed by atoms with Crippen molar-refractivity contribution < 1.29 is 13.2 Å². The van der Waals surface area contributed by atoms with Crippen LogP contribution in [-0.4, -0.2) is 51.8 Å². The highest BCUT2D eigenvalue weighted by Crippen LogP contribution is 2.29. The lowest BCUT2D eigenvalue weighted by Crippen LogP contribution is -2.23. The number of hydrogen-bond donors (Lipinski definition) is 2. The molecule has 0 aliphatic rings. The van der Waals surface area contributed by atoms with Crippen LogP contribution in [0.5, 0.6) is 0 Å². The number of aryl methyl sites for hydroxylation is 2. The van der Waals surface area contributed by atoms with Crippen LogP contribution in [0.2, 0.25) is 0 Å². The Hall–Kier alpha value is -2.84. The monoisotopic (exact) mass is 414 g/mol. The molecular weight excluding hydrogens is 388 g/mol. The number of nitrogens with one attached hydrogen (secondary N) is 2. The van der Waals surface area contributed by atoms with Crippen LogP contribution in [0.3, 0.4) is 0 Å². The minimum absolute atomic E-state index is 0.121. The molecule has 0 bridgehead atoms. The van der Waals surface area contributed by atoms with Crippen molar-refractivity contribution in [2.45, 2.75) is 18.7 Å². The van der Waals surface area contributed by atoms with E-state index in [4.69, 9.17) is 0 Å². The molecule has 0 saturated heterocycles. The molecule has 3 rings (SSSR count). The summed E-state index contributed by atoms with van der Waals surface area (Å²) >= 11 is 0. The number of nitrogens with zero attached hydrogens (tertiary/aromatic N) is 2. The summed E-state index contributed by atoms with van der Waals surface area (Å²) in [7, 11) is 3.01. The molecule has 0 aliphatic heterocycles. The average molecular weight is 415 g/mol. The lowest BCUT2D eigenvalue weighted by atomic mass is 10.1. The van der Waals surface area contributed by atoms with Crippen LogP contribution < -0.4 is 10.2 Å². The number of carbonyl (C=O) groups is 1. The van der Waals surface area contributed by atoms with Gasteiger partial charge in [0.2, 0.25) is 10.0 Å². The van der Waals surface area contributed by atoms with Crippen LogP contribution in [0.1, 0.15) is 21.6 Å². The summed E-state index contributed by atoms with van der Waals surface area (Å²) in [6.07, 6.45) is 0. The molecule has 154 valence electrons. The Bertz CT molecular complexity index is 1190. The maximum Gasteiger partial charge on any atom is 0.255 e. The van der Waals surface area contributed by atoms with Gasteiger partial charge < -0.3 is 15.2 Å². The summed E-state index contributed by atoms with van der Waals surface area (Å²) in [4.78, 5) is 18.2. The van der Waals surface area contributed by atoms with E-state index in [0.29, 0.717) is 16.9 Å². The minimum Gasteiger partial charge on any atom is -0.376 e. The van der Waals surface area contributed by atoms with Gasteiger partial charge in [-0.3, -0.25) is 4.79 Å². The standard InChI is InChI=1S/C21H26N4O3S/c1-13-14(2)22-18-9-7-15(11-17(13)18)21(26)23-19-12-16(29(27,28)25(5)6)8-10-20(19)24(3)4/h7-12,22H,1-6H3,(H,23,26). The third-order valence-corrected chi connectivity index (χ3v) is 6.86. The zero-order chi connectivity index (χ0) is 21.5. The number of H-pyrrole nitrogens is 1. The summed E-state index contributed by atoms with van der Waals surface area (Å²) < 4.78 is 26.2. The molecule has 3 aromatic rings. The van der Waals surface area contributed by atoms with Crippen molar-refractivity contribution in [3.05, 3.63) is 53.2 Å². The van der Waals surface area contributed by atoms with E-state index in [1.54, 1.807) is 12.1 Å². The lowest BCUT2D eigenvalue weighted by Gasteiger charge is -2.20. The molecule has 1 aromatic heterocycles. The quantitative estimate of drug-likeness (QED) is 0.670. The SMILES string of the molecule is Cc1[nH]c2ccc(C(=O)Nc3cc(S(=O)(=O)N(C)C)ccc3N(C)C)cc2c1C. The second kappa shape index (κ2) is 7.53. The van der Waals surface area contributed by atoms with E-state index in [1.165, 1.54) is 26.2 Å². The van der Waals surface area contributed by atoms with Crippen molar-refractivity contribution in [3.63, 3.8) is 0 Å². The summed E-state index contributed by atoms with van der Waals surface area (Å²) in [5, 5.41) is 3.87. The van der Waals surface area contributed by atoms with Gasteiger partial charge in [-0.15, -0.1) is 0 Å². The Morgan fingerprint density at radius 1 is 1.00 bits per heavy atom. The predicted molar refractivity (Wildman–Crippen MR) is 117 cm³/mol. The Balaban J connectivity index is 2.02. The fourth-order valence-corrected chi connectivity index (χ4v) is 4.10. The van der Waals surface area contributed by atoms with Crippen molar-refractivity contribution in [2.75, 3.05) is 38.4 Å². The number of aromatic nitrogens is 1. The van der Waals surface area contributed by atoms with E-state index in [2.05, 4.69) is 10.3 Å². The average Bonchev–Trinajstić information content (AvgIpc) is 2.94. The summed E-state index contributed by atoms with van der Waals surface area (Å²) in [5.41, 5.74) is 4.79. The van der Waals surface area contributed by atoms with E-state index in [9.17, 15) is 13.2 Å². The Morgan fingerprint density at radius 3 is 2.31 bits per heavy atom. The lowest BCUT2D eigenvalue weighted by molar-refractivity contribution is 0.102. The number of aromatic amines is 1. The van der Waals surface area contributed by atoms with Gasteiger partial charge in [-0.05, 0) is 55.8 Å². The van der Waals surface area contributed by atoms with Gasteiger partial charge in [0.15, 0.2) is 0 Å². The van der Waals surface area contributed by atoms with Gasteiger partial charge in [0.05, 0.1) is 16.3 Å². The third-order valence-electron chi connectivity index (χ3n) is 5.05. The molecular formula is C21H26N4O3S. The number of sulfonamides is 1. The molecule has 0 saturated carbocycles. The van der Waals surface area contributed by atoms with Crippen LogP contribution in [0, 0.1) is 13.8 Å². The van der Waals surface area contributed by atoms with Gasteiger partial charge in [0.25, 0.3) is 5.91 Å². The first-order valence-electron chi connectivity index (χ1n) is 9.16. The predicted octanol–water partition coefficient (Wildman–Crippen LogP) is 3.35. The minimum atomic E-state index is -3.61. The number of rotatable bonds is 5. The molecule has 2 aromatic carbocycles. The highest BCUT2D eigenvalue weighted by atomic mass is 32.2. The van der Waals surface area contributed by atoms with Gasteiger partial charge in [0.1, 0.15) is 0 Å². The second-order valence-electron chi connectivity index (χ2n) is 7.45. The number of carbonyl (C=O) groups excluding carboxylic acids is 1. The Kier molecular flexibility index (Phi) is 5.42. The first-order valence-corrected chi connectivity index (χ1v) is 10.6. The van der Waals surface area contributed by atoms with Crippen LogP contribution in [0.25, 0.3) is 10.9 Å². The van der Waals surface area contributed by atoms with Crippen LogP contribution in [-0.2, 0) is 10.0 Å². The Morgan fingerprint density at radius 2 is 1.69 bits per heavy atom. The van der Waals surface area contributed by atoms with Crippen molar-refractivity contribution in [1.29, 1.82) is 0 Å². The van der Waals surface area contributed by atoms with E-state index in [1.807, 2.05) is 45.0 Å². The van der Waals surface area contributed by atoms with Crippen molar-refractivity contribution in [1.82, 2.24) is 9.29 Å². The first-order chi connectivity index (χ1) is 13.5. The van der Waals surface area contributed by atoms with Gasteiger partial charge in [-0.25, -0.2) is 12.7 Å². The molecule has 0 spiro atoms. The molecule has 8 heteroatoms. The molecule has 0 radical (unpaired) electrons. The second-order valence-corrected chi connectivity index (χ2v) is 9.60. The van der Waals surface area contributed by atoms with Gasteiger partial charge in [0, 0.05) is 50.4 Å².